The van der Waals surface area contributed by atoms with Gasteiger partial charge in [0.25, 0.3) is 0 Å². The minimum atomic E-state index is -0.499. The fourth-order valence-electron chi connectivity index (χ4n) is 2.33. The van der Waals surface area contributed by atoms with E-state index in [1.54, 1.807) is 18.2 Å². The van der Waals surface area contributed by atoms with Gasteiger partial charge in [0, 0.05) is 11.4 Å². The van der Waals surface area contributed by atoms with Crippen molar-refractivity contribution in [2.75, 3.05) is 10.6 Å². The Kier molecular flexibility index (Phi) is 3.83. The van der Waals surface area contributed by atoms with Crippen molar-refractivity contribution in [2.45, 2.75) is 0 Å². The zero-order valence-electron chi connectivity index (χ0n) is 12.8. The van der Waals surface area contributed by atoms with Crippen LogP contribution in [0.2, 0.25) is 5.02 Å². The van der Waals surface area contributed by atoms with E-state index in [0.29, 0.717) is 33.6 Å². The number of halogens is 1. The molecule has 0 radical (unpaired) electrons. The molecule has 0 fully saturated rings. The Labute approximate surface area is 146 Å². The summed E-state index contributed by atoms with van der Waals surface area (Å²) in [4.78, 5) is 22.4. The number of nitrogens with zero attached hydrogens (tertiary/aromatic N) is 2. The SMILES string of the molecule is O=c1[nH]c2cc(Nc3nc(Nc4ccccc4)ncc3Cl)ccc2o1. The Hall–Kier alpha value is -3.32. The number of fused-ring (bicyclic) bond motifs is 1. The summed E-state index contributed by atoms with van der Waals surface area (Å²) in [6, 6.07) is 14.8. The van der Waals surface area contributed by atoms with Crippen molar-refractivity contribution in [3.63, 3.8) is 0 Å². The summed E-state index contributed by atoms with van der Waals surface area (Å²) in [5.41, 5.74) is 2.64. The lowest BCUT2D eigenvalue weighted by atomic mass is 10.3. The van der Waals surface area contributed by atoms with Crippen molar-refractivity contribution in [1.82, 2.24) is 15.0 Å². The van der Waals surface area contributed by atoms with Crippen LogP contribution in [0.25, 0.3) is 11.1 Å². The number of H-pyrrole nitrogens is 1. The fraction of sp³-hybridized carbons (Fsp3) is 0. The zero-order valence-corrected chi connectivity index (χ0v) is 13.5. The van der Waals surface area contributed by atoms with E-state index in [-0.39, 0.29) is 0 Å². The summed E-state index contributed by atoms with van der Waals surface area (Å²) in [5.74, 6) is 0.359. The van der Waals surface area contributed by atoms with Crippen molar-refractivity contribution in [3.05, 3.63) is 70.3 Å². The number of nitrogens with one attached hydrogen (secondary N) is 3. The van der Waals surface area contributed by atoms with Crippen LogP contribution >= 0.6 is 11.6 Å². The molecule has 7 nitrogen and oxygen atoms in total. The Morgan fingerprint density at radius 1 is 1.04 bits per heavy atom. The van der Waals surface area contributed by atoms with Crippen LogP contribution in [0.5, 0.6) is 0 Å². The number of rotatable bonds is 4. The summed E-state index contributed by atoms with van der Waals surface area (Å²) < 4.78 is 4.98. The van der Waals surface area contributed by atoms with Gasteiger partial charge in [-0.15, -0.1) is 0 Å². The second kappa shape index (κ2) is 6.29. The average Bonchev–Trinajstić information content (AvgIpc) is 2.98. The van der Waals surface area contributed by atoms with Gasteiger partial charge in [0.1, 0.15) is 5.02 Å². The van der Waals surface area contributed by atoms with E-state index in [4.69, 9.17) is 16.0 Å². The molecule has 8 heteroatoms. The maximum absolute atomic E-state index is 11.2. The molecule has 0 aliphatic rings. The quantitative estimate of drug-likeness (QED) is 0.512. The lowest BCUT2D eigenvalue weighted by Gasteiger charge is -2.10. The summed E-state index contributed by atoms with van der Waals surface area (Å²) in [6.45, 7) is 0. The maximum atomic E-state index is 11.2. The number of anilines is 4. The Morgan fingerprint density at radius 2 is 1.88 bits per heavy atom. The topological polar surface area (TPSA) is 95.8 Å². The molecule has 25 heavy (non-hydrogen) atoms. The van der Waals surface area contributed by atoms with Crippen molar-refractivity contribution in [3.8, 4) is 0 Å². The molecule has 0 aliphatic carbocycles. The molecule has 0 bridgehead atoms. The summed E-state index contributed by atoms with van der Waals surface area (Å²) in [6.07, 6.45) is 1.51. The van der Waals surface area contributed by atoms with Crippen LogP contribution in [0.4, 0.5) is 23.1 Å². The van der Waals surface area contributed by atoms with Crippen LogP contribution in [-0.2, 0) is 0 Å². The summed E-state index contributed by atoms with van der Waals surface area (Å²) >= 11 is 6.18. The van der Waals surface area contributed by atoms with Crippen LogP contribution in [0.3, 0.4) is 0 Å². The highest BCUT2D eigenvalue weighted by Crippen LogP contribution is 2.26. The maximum Gasteiger partial charge on any atom is 0.417 e. The molecule has 0 unspecified atom stereocenters. The Balaban J connectivity index is 1.62. The fourth-order valence-corrected chi connectivity index (χ4v) is 2.47. The molecule has 4 rings (SSSR count). The number of benzene rings is 2. The molecule has 4 aromatic rings. The normalized spacial score (nSPS) is 10.8. The van der Waals surface area contributed by atoms with Gasteiger partial charge in [-0.3, -0.25) is 4.98 Å². The van der Waals surface area contributed by atoms with Gasteiger partial charge in [0.05, 0.1) is 11.7 Å². The molecule has 2 aromatic carbocycles. The molecule has 2 aromatic heterocycles. The van der Waals surface area contributed by atoms with E-state index in [1.807, 2.05) is 30.3 Å². The number of aromatic nitrogens is 3. The molecule has 0 atom stereocenters. The molecule has 0 spiro atoms. The van der Waals surface area contributed by atoms with Gasteiger partial charge < -0.3 is 15.1 Å². The van der Waals surface area contributed by atoms with Crippen molar-refractivity contribution in [1.29, 1.82) is 0 Å². The first-order valence-electron chi connectivity index (χ1n) is 7.42. The zero-order chi connectivity index (χ0) is 17.2. The van der Waals surface area contributed by atoms with Gasteiger partial charge in [-0.2, -0.15) is 4.98 Å². The molecular formula is C17H12ClN5O2. The third kappa shape index (κ3) is 3.31. The molecule has 0 amide bonds. The molecular weight excluding hydrogens is 342 g/mol. The highest BCUT2D eigenvalue weighted by Gasteiger charge is 2.08. The molecule has 0 saturated heterocycles. The Morgan fingerprint density at radius 3 is 2.72 bits per heavy atom. The molecule has 3 N–H and O–H groups in total. The Bertz CT molecular complexity index is 1090. The summed E-state index contributed by atoms with van der Waals surface area (Å²) in [7, 11) is 0. The third-order valence-corrected chi connectivity index (χ3v) is 3.73. The predicted octanol–water partition coefficient (Wildman–Crippen LogP) is 4.05. The van der Waals surface area contributed by atoms with E-state index >= 15 is 0 Å². The molecule has 0 saturated carbocycles. The van der Waals surface area contributed by atoms with Crippen LogP contribution in [-0.4, -0.2) is 15.0 Å². The molecule has 124 valence electrons. The van der Waals surface area contributed by atoms with Gasteiger partial charge in [-0.1, -0.05) is 29.8 Å². The minimum Gasteiger partial charge on any atom is -0.408 e. The first-order chi connectivity index (χ1) is 12.2. The average molecular weight is 354 g/mol. The van der Waals surface area contributed by atoms with E-state index in [2.05, 4.69) is 25.6 Å². The largest absolute Gasteiger partial charge is 0.417 e. The van der Waals surface area contributed by atoms with Crippen LogP contribution in [0.1, 0.15) is 0 Å². The van der Waals surface area contributed by atoms with Crippen LogP contribution < -0.4 is 16.4 Å². The number of hydrogen-bond donors (Lipinski definition) is 3. The number of aromatic amines is 1. The van der Waals surface area contributed by atoms with Gasteiger partial charge in [0.15, 0.2) is 11.4 Å². The lowest BCUT2D eigenvalue weighted by molar-refractivity contribution is 0.555. The van der Waals surface area contributed by atoms with Crippen molar-refractivity contribution < 1.29 is 4.42 Å². The predicted molar refractivity (Wildman–Crippen MR) is 96.9 cm³/mol. The minimum absolute atomic E-state index is 0.374. The molecule has 0 aliphatic heterocycles. The third-order valence-electron chi connectivity index (χ3n) is 3.46. The smallest absolute Gasteiger partial charge is 0.408 e. The van der Waals surface area contributed by atoms with Crippen molar-refractivity contribution in [2.24, 2.45) is 0 Å². The standard InChI is InChI=1S/C17H12ClN5O2/c18-12-9-19-16(21-10-4-2-1-3-5-10)23-15(12)20-11-6-7-14-13(8-11)22-17(24)25-14/h1-9H,(H,22,24)(H2,19,20,21,23). The molecule has 2 heterocycles. The number of para-hydroxylation sites is 1. The van der Waals surface area contributed by atoms with E-state index in [9.17, 15) is 4.79 Å². The van der Waals surface area contributed by atoms with E-state index in [1.165, 1.54) is 6.20 Å². The van der Waals surface area contributed by atoms with E-state index in [0.717, 1.165) is 5.69 Å². The number of hydrogen-bond acceptors (Lipinski definition) is 6. The van der Waals surface area contributed by atoms with Gasteiger partial charge in [-0.05, 0) is 30.3 Å². The van der Waals surface area contributed by atoms with Gasteiger partial charge >= 0.3 is 5.76 Å². The number of oxazole rings is 1. The lowest BCUT2D eigenvalue weighted by Crippen LogP contribution is -2.01. The summed E-state index contributed by atoms with van der Waals surface area (Å²) in [5, 5.41) is 6.59. The second-order valence-corrected chi connectivity index (χ2v) is 5.64. The van der Waals surface area contributed by atoms with Gasteiger partial charge in [0.2, 0.25) is 5.95 Å². The second-order valence-electron chi connectivity index (χ2n) is 5.23. The van der Waals surface area contributed by atoms with Crippen molar-refractivity contribution >= 4 is 45.8 Å². The first-order valence-corrected chi connectivity index (χ1v) is 7.80. The highest BCUT2D eigenvalue weighted by atomic mass is 35.5. The first kappa shape index (κ1) is 15.2. The van der Waals surface area contributed by atoms with Gasteiger partial charge in [-0.25, -0.2) is 9.78 Å². The highest BCUT2D eigenvalue weighted by molar-refractivity contribution is 6.32. The van der Waals surface area contributed by atoms with Crippen LogP contribution in [0.15, 0.2) is 63.9 Å². The van der Waals surface area contributed by atoms with E-state index < -0.39 is 5.76 Å². The monoisotopic (exact) mass is 353 g/mol. The van der Waals surface area contributed by atoms with Crippen LogP contribution in [0, 0.1) is 0 Å².